The summed E-state index contributed by atoms with van der Waals surface area (Å²) in [5.41, 5.74) is 0.429. The normalized spacial score (nSPS) is 20.5. The lowest BCUT2D eigenvalue weighted by Gasteiger charge is -2.30. The average Bonchev–Trinajstić information content (AvgIpc) is 2.17. The van der Waals surface area contributed by atoms with Crippen LogP contribution in [0.15, 0.2) is 0 Å². The molecule has 0 spiro atoms. The highest BCUT2D eigenvalue weighted by atomic mass is 79.9. The van der Waals surface area contributed by atoms with Crippen LogP contribution < -0.4 is 0 Å². The van der Waals surface area contributed by atoms with Crippen LogP contribution in [-0.2, 0) is 4.74 Å². The number of nitrogens with zero attached hydrogens (tertiary/aromatic N) is 1. The van der Waals surface area contributed by atoms with E-state index in [1.165, 1.54) is 13.0 Å². The average molecular weight is 250 g/mol. The van der Waals surface area contributed by atoms with Crippen molar-refractivity contribution in [2.75, 3.05) is 38.2 Å². The SMILES string of the molecule is CC(C)(CBr)CCN1CCOCC1. The van der Waals surface area contributed by atoms with E-state index in [2.05, 4.69) is 34.7 Å². The third-order valence-corrected chi connectivity index (χ3v) is 4.09. The first-order valence-corrected chi connectivity index (χ1v) is 6.12. The zero-order chi connectivity index (χ0) is 9.73. The fraction of sp³-hybridized carbons (Fsp3) is 1.00. The minimum atomic E-state index is 0.429. The summed E-state index contributed by atoms with van der Waals surface area (Å²) in [6.07, 6.45) is 1.26. The number of morpholine rings is 1. The van der Waals surface area contributed by atoms with Crippen LogP contribution in [0.25, 0.3) is 0 Å². The molecule has 13 heavy (non-hydrogen) atoms. The second-order valence-electron chi connectivity index (χ2n) is 4.50. The molecule has 0 aromatic rings. The van der Waals surface area contributed by atoms with Crippen molar-refractivity contribution in [3.63, 3.8) is 0 Å². The summed E-state index contributed by atoms with van der Waals surface area (Å²) < 4.78 is 5.31. The molecule has 0 aromatic carbocycles. The second-order valence-corrected chi connectivity index (χ2v) is 5.06. The lowest BCUT2D eigenvalue weighted by molar-refractivity contribution is 0.0336. The molecule has 2 nitrogen and oxygen atoms in total. The Morgan fingerprint density at radius 3 is 2.46 bits per heavy atom. The van der Waals surface area contributed by atoms with Gasteiger partial charge in [-0.25, -0.2) is 0 Å². The van der Waals surface area contributed by atoms with Crippen molar-refractivity contribution in [2.24, 2.45) is 5.41 Å². The highest BCUT2D eigenvalue weighted by Crippen LogP contribution is 2.23. The van der Waals surface area contributed by atoms with Crippen molar-refractivity contribution in [3.8, 4) is 0 Å². The van der Waals surface area contributed by atoms with Crippen LogP contribution in [-0.4, -0.2) is 43.1 Å². The molecule has 1 aliphatic rings. The van der Waals surface area contributed by atoms with Gasteiger partial charge in [0.15, 0.2) is 0 Å². The van der Waals surface area contributed by atoms with Crippen LogP contribution in [0.4, 0.5) is 0 Å². The quantitative estimate of drug-likeness (QED) is 0.709. The number of hydrogen-bond acceptors (Lipinski definition) is 2. The number of hydrogen-bond donors (Lipinski definition) is 0. The van der Waals surface area contributed by atoms with E-state index in [4.69, 9.17) is 4.74 Å². The van der Waals surface area contributed by atoms with Crippen LogP contribution >= 0.6 is 15.9 Å². The first-order valence-electron chi connectivity index (χ1n) is 5.00. The van der Waals surface area contributed by atoms with Gasteiger partial charge in [0.1, 0.15) is 0 Å². The minimum absolute atomic E-state index is 0.429. The summed E-state index contributed by atoms with van der Waals surface area (Å²) in [7, 11) is 0. The van der Waals surface area contributed by atoms with Crippen molar-refractivity contribution in [1.82, 2.24) is 4.90 Å². The monoisotopic (exact) mass is 249 g/mol. The van der Waals surface area contributed by atoms with Gasteiger partial charge in [-0.15, -0.1) is 0 Å². The predicted octanol–water partition coefficient (Wildman–Crippen LogP) is 2.13. The Morgan fingerprint density at radius 2 is 1.92 bits per heavy atom. The Hall–Kier alpha value is 0.400. The molecule has 0 amide bonds. The van der Waals surface area contributed by atoms with Gasteiger partial charge in [0, 0.05) is 18.4 Å². The van der Waals surface area contributed by atoms with E-state index in [0.29, 0.717) is 5.41 Å². The van der Waals surface area contributed by atoms with Crippen molar-refractivity contribution in [3.05, 3.63) is 0 Å². The maximum Gasteiger partial charge on any atom is 0.0594 e. The van der Waals surface area contributed by atoms with Gasteiger partial charge in [0.25, 0.3) is 0 Å². The maximum absolute atomic E-state index is 5.31. The Balaban J connectivity index is 2.17. The van der Waals surface area contributed by atoms with E-state index >= 15 is 0 Å². The molecule has 0 radical (unpaired) electrons. The Labute approximate surface area is 89.8 Å². The third-order valence-electron chi connectivity index (χ3n) is 2.57. The molecule has 1 rings (SSSR count). The lowest BCUT2D eigenvalue weighted by Crippen LogP contribution is -2.38. The van der Waals surface area contributed by atoms with E-state index in [1.807, 2.05) is 0 Å². The van der Waals surface area contributed by atoms with E-state index < -0.39 is 0 Å². The summed E-state index contributed by atoms with van der Waals surface area (Å²) in [6.45, 7) is 9.87. The first-order chi connectivity index (χ1) is 6.14. The molecule has 1 saturated heterocycles. The molecule has 1 heterocycles. The van der Waals surface area contributed by atoms with Gasteiger partial charge >= 0.3 is 0 Å². The smallest absolute Gasteiger partial charge is 0.0594 e. The summed E-state index contributed by atoms with van der Waals surface area (Å²) >= 11 is 3.55. The number of ether oxygens (including phenoxy) is 1. The maximum atomic E-state index is 5.31. The Morgan fingerprint density at radius 1 is 1.31 bits per heavy atom. The van der Waals surface area contributed by atoms with Crippen molar-refractivity contribution >= 4 is 15.9 Å². The minimum Gasteiger partial charge on any atom is -0.379 e. The molecule has 0 bridgehead atoms. The van der Waals surface area contributed by atoms with Gasteiger partial charge in [0.05, 0.1) is 13.2 Å². The number of alkyl halides is 1. The van der Waals surface area contributed by atoms with Crippen LogP contribution in [0.1, 0.15) is 20.3 Å². The zero-order valence-electron chi connectivity index (χ0n) is 8.68. The Kier molecular flexibility index (Phi) is 4.70. The molecular formula is C10H20BrNO. The van der Waals surface area contributed by atoms with Crippen LogP contribution in [0.5, 0.6) is 0 Å². The van der Waals surface area contributed by atoms with E-state index in [9.17, 15) is 0 Å². The van der Waals surface area contributed by atoms with Gasteiger partial charge in [-0.1, -0.05) is 29.8 Å². The van der Waals surface area contributed by atoms with Crippen molar-refractivity contribution in [1.29, 1.82) is 0 Å². The highest BCUT2D eigenvalue weighted by Gasteiger charge is 2.18. The number of halogens is 1. The van der Waals surface area contributed by atoms with Gasteiger partial charge in [0.2, 0.25) is 0 Å². The van der Waals surface area contributed by atoms with E-state index in [-0.39, 0.29) is 0 Å². The highest BCUT2D eigenvalue weighted by molar-refractivity contribution is 9.09. The molecule has 0 saturated carbocycles. The van der Waals surface area contributed by atoms with E-state index in [0.717, 1.165) is 31.6 Å². The molecule has 0 N–H and O–H groups in total. The third kappa shape index (κ3) is 4.43. The fourth-order valence-electron chi connectivity index (χ4n) is 1.35. The molecule has 0 aromatic heterocycles. The molecule has 1 aliphatic heterocycles. The van der Waals surface area contributed by atoms with Gasteiger partial charge in [-0.2, -0.15) is 0 Å². The van der Waals surface area contributed by atoms with Crippen LogP contribution in [0.3, 0.4) is 0 Å². The summed E-state index contributed by atoms with van der Waals surface area (Å²) in [4.78, 5) is 2.49. The van der Waals surface area contributed by atoms with Crippen molar-refractivity contribution < 1.29 is 4.74 Å². The standard InChI is InChI=1S/C10H20BrNO/c1-10(2,9-11)3-4-12-5-7-13-8-6-12/h3-9H2,1-2H3. The molecule has 0 aliphatic carbocycles. The van der Waals surface area contributed by atoms with Gasteiger partial charge < -0.3 is 4.74 Å². The summed E-state index contributed by atoms with van der Waals surface area (Å²) in [6, 6.07) is 0. The van der Waals surface area contributed by atoms with E-state index in [1.54, 1.807) is 0 Å². The lowest BCUT2D eigenvalue weighted by atomic mass is 9.92. The van der Waals surface area contributed by atoms with Crippen LogP contribution in [0, 0.1) is 5.41 Å². The second kappa shape index (κ2) is 5.32. The summed E-state index contributed by atoms with van der Waals surface area (Å²) in [5, 5.41) is 1.09. The molecule has 3 heteroatoms. The van der Waals surface area contributed by atoms with Gasteiger partial charge in [-0.3, -0.25) is 4.90 Å². The predicted molar refractivity (Wildman–Crippen MR) is 59.5 cm³/mol. The van der Waals surface area contributed by atoms with Crippen LogP contribution in [0.2, 0.25) is 0 Å². The fourth-order valence-corrected chi connectivity index (χ4v) is 1.63. The Bertz CT molecular complexity index is 144. The zero-order valence-corrected chi connectivity index (χ0v) is 10.3. The summed E-state index contributed by atoms with van der Waals surface area (Å²) in [5.74, 6) is 0. The molecule has 1 fully saturated rings. The van der Waals surface area contributed by atoms with Gasteiger partial charge in [-0.05, 0) is 18.4 Å². The number of rotatable bonds is 4. The first kappa shape index (κ1) is 11.5. The molecule has 0 unspecified atom stereocenters. The topological polar surface area (TPSA) is 12.5 Å². The molecule has 78 valence electrons. The molecular weight excluding hydrogens is 230 g/mol. The molecule has 0 atom stereocenters. The largest absolute Gasteiger partial charge is 0.379 e. The van der Waals surface area contributed by atoms with Crippen molar-refractivity contribution in [2.45, 2.75) is 20.3 Å².